The summed E-state index contributed by atoms with van der Waals surface area (Å²) in [6.45, 7) is 0.260. The summed E-state index contributed by atoms with van der Waals surface area (Å²) in [7, 11) is 1.60. The van der Waals surface area contributed by atoms with Crippen LogP contribution in [0.4, 0.5) is 5.69 Å². The van der Waals surface area contributed by atoms with Gasteiger partial charge < -0.3 is 30.0 Å². The molecular formula is C28H25N4O5-. The first-order chi connectivity index (χ1) is 17.9. The number of benzene rings is 3. The Kier molecular flexibility index (Phi) is 5.58. The van der Waals surface area contributed by atoms with E-state index in [4.69, 9.17) is 4.74 Å². The fraction of sp³-hybridized carbons (Fsp3) is 0.214. The highest BCUT2D eigenvalue weighted by molar-refractivity contribution is 5.97. The van der Waals surface area contributed by atoms with Crippen LogP contribution in [0.5, 0.6) is 5.75 Å². The standard InChI is InChI=1S/C28H25N4O5/c1-37-20-11-9-17(10-12-20)15-30-16-25(33)31-24(28(30)34)14-22-21-7-2-3-8-23(21)29-26(22)27(31)18-5-4-6-19(13-18)32(35)36/h2-13,24,27,29,35H,14-16H2,1H3/q-1. The maximum absolute atomic E-state index is 13.9. The van der Waals surface area contributed by atoms with Crippen LogP contribution in [-0.2, 0) is 22.6 Å². The highest BCUT2D eigenvalue weighted by Crippen LogP contribution is 2.43. The van der Waals surface area contributed by atoms with Gasteiger partial charge in [-0.2, -0.15) is 0 Å². The minimum Gasteiger partial charge on any atom is -0.733 e. The fourth-order valence-corrected chi connectivity index (χ4v) is 5.57. The lowest BCUT2D eigenvalue weighted by molar-refractivity contribution is -0.159. The maximum atomic E-state index is 13.9. The predicted molar refractivity (Wildman–Crippen MR) is 137 cm³/mol. The molecule has 2 unspecified atom stereocenters. The highest BCUT2D eigenvalue weighted by atomic mass is 16.8. The molecule has 1 saturated heterocycles. The van der Waals surface area contributed by atoms with Crippen molar-refractivity contribution in [2.24, 2.45) is 0 Å². The molecule has 3 aromatic carbocycles. The van der Waals surface area contributed by atoms with Crippen molar-refractivity contribution in [2.75, 3.05) is 18.9 Å². The Balaban J connectivity index is 1.43. The number of hydrogen-bond acceptors (Lipinski definition) is 6. The number of carbonyl (C=O) groups excluding carboxylic acids is 2. The van der Waals surface area contributed by atoms with Crippen molar-refractivity contribution >= 4 is 28.4 Å². The number of amides is 2. The molecule has 9 heteroatoms. The number of fused-ring (bicyclic) bond motifs is 4. The number of para-hydroxylation sites is 1. The third kappa shape index (κ3) is 3.89. The molecule has 2 aliphatic rings. The van der Waals surface area contributed by atoms with Crippen LogP contribution in [0.25, 0.3) is 10.9 Å². The molecule has 1 fully saturated rings. The molecule has 9 nitrogen and oxygen atoms in total. The van der Waals surface area contributed by atoms with Crippen molar-refractivity contribution in [1.82, 2.24) is 14.8 Å². The van der Waals surface area contributed by atoms with Gasteiger partial charge in [-0.3, -0.25) is 14.8 Å². The van der Waals surface area contributed by atoms with Crippen molar-refractivity contribution in [3.05, 3.63) is 100 Å². The van der Waals surface area contributed by atoms with E-state index in [2.05, 4.69) is 4.98 Å². The molecule has 0 bridgehead atoms. The van der Waals surface area contributed by atoms with Crippen molar-refractivity contribution < 1.29 is 19.5 Å². The van der Waals surface area contributed by atoms with Gasteiger partial charge in [0.05, 0.1) is 18.8 Å². The fourth-order valence-electron chi connectivity index (χ4n) is 5.57. The van der Waals surface area contributed by atoms with Crippen LogP contribution < -0.4 is 9.96 Å². The number of aromatic nitrogens is 1. The van der Waals surface area contributed by atoms with Crippen LogP contribution in [0.15, 0.2) is 72.8 Å². The molecule has 0 spiro atoms. The van der Waals surface area contributed by atoms with Gasteiger partial charge in [0.1, 0.15) is 18.3 Å². The minimum absolute atomic E-state index is 0.0502. The summed E-state index contributed by atoms with van der Waals surface area (Å²) in [5, 5.41) is 21.9. The monoisotopic (exact) mass is 497 g/mol. The molecule has 2 amide bonds. The van der Waals surface area contributed by atoms with Gasteiger partial charge in [0.25, 0.3) is 0 Å². The van der Waals surface area contributed by atoms with Gasteiger partial charge in [-0.15, -0.1) is 0 Å². The first-order valence-electron chi connectivity index (χ1n) is 12.0. The Hall–Kier alpha value is -4.34. The normalized spacial score (nSPS) is 19.1. The van der Waals surface area contributed by atoms with Crippen LogP contribution in [0.2, 0.25) is 0 Å². The Morgan fingerprint density at radius 2 is 1.86 bits per heavy atom. The van der Waals surface area contributed by atoms with Crippen molar-refractivity contribution in [3.8, 4) is 5.75 Å². The largest absolute Gasteiger partial charge is 0.733 e. The number of rotatable bonds is 5. The molecule has 2 N–H and O–H groups in total. The maximum Gasteiger partial charge on any atom is 0.246 e. The van der Waals surface area contributed by atoms with Crippen molar-refractivity contribution in [3.63, 3.8) is 0 Å². The number of ether oxygens (including phenoxy) is 1. The number of anilines is 1. The molecule has 1 aromatic heterocycles. The number of carbonyl (C=O) groups is 2. The Morgan fingerprint density at radius 1 is 1.08 bits per heavy atom. The van der Waals surface area contributed by atoms with E-state index < -0.39 is 12.1 Å². The third-order valence-electron chi connectivity index (χ3n) is 7.28. The average Bonchev–Trinajstić information content (AvgIpc) is 3.29. The van der Waals surface area contributed by atoms with Gasteiger partial charge in [-0.25, -0.2) is 0 Å². The van der Waals surface area contributed by atoms with Gasteiger partial charge in [0, 0.05) is 29.6 Å². The first kappa shape index (κ1) is 23.1. The van der Waals surface area contributed by atoms with Gasteiger partial charge >= 0.3 is 0 Å². The SMILES string of the molecule is COc1ccc(CN2CC(=O)N3C(Cc4c([nH]c5ccccc45)C3c3cccc(N([O-])O)c3)C2=O)cc1. The Labute approximate surface area is 213 Å². The lowest BCUT2D eigenvalue weighted by Crippen LogP contribution is -2.62. The third-order valence-corrected chi connectivity index (χ3v) is 7.28. The number of aromatic amines is 1. The van der Waals surface area contributed by atoms with E-state index in [0.717, 1.165) is 33.5 Å². The summed E-state index contributed by atoms with van der Waals surface area (Å²) in [4.78, 5) is 34.2. The molecule has 3 heterocycles. The minimum atomic E-state index is -0.697. The molecule has 6 rings (SSSR count). The lowest BCUT2D eigenvalue weighted by Gasteiger charge is -2.47. The summed E-state index contributed by atoms with van der Waals surface area (Å²) in [5.41, 5.74) is 4.29. The van der Waals surface area contributed by atoms with Crippen LogP contribution in [0, 0.1) is 5.21 Å². The van der Waals surface area contributed by atoms with E-state index in [9.17, 15) is 20.0 Å². The summed E-state index contributed by atoms with van der Waals surface area (Å²) < 4.78 is 5.22. The molecular weight excluding hydrogens is 472 g/mol. The van der Waals surface area contributed by atoms with E-state index in [1.54, 1.807) is 35.1 Å². The predicted octanol–water partition coefficient (Wildman–Crippen LogP) is 3.76. The van der Waals surface area contributed by atoms with E-state index in [1.165, 1.54) is 6.07 Å². The van der Waals surface area contributed by atoms with E-state index >= 15 is 0 Å². The van der Waals surface area contributed by atoms with E-state index in [1.807, 2.05) is 48.5 Å². The lowest BCUT2D eigenvalue weighted by atomic mass is 9.86. The first-order valence-corrected chi connectivity index (χ1v) is 12.0. The molecule has 188 valence electrons. The summed E-state index contributed by atoms with van der Waals surface area (Å²) in [6.07, 6.45) is 0.382. The number of hydrogen-bond donors (Lipinski definition) is 2. The number of nitrogens with zero attached hydrogens (tertiary/aromatic N) is 3. The van der Waals surface area contributed by atoms with Gasteiger partial charge in [0.2, 0.25) is 11.8 Å². The number of H-pyrrole nitrogens is 1. The topological polar surface area (TPSA) is 112 Å². The van der Waals surface area contributed by atoms with Gasteiger partial charge in [0.15, 0.2) is 0 Å². The number of piperazine rings is 1. The second-order valence-electron chi connectivity index (χ2n) is 9.40. The summed E-state index contributed by atoms with van der Waals surface area (Å²) in [5.74, 6) is 0.417. The number of nitrogens with one attached hydrogen (secondary N) is 1. The van der Waals surface area contributed by atoms with Crippen molar-refractivity contribution in [2.45, 2.75) is 25.0 Å². The van der Waals surface area contributed by atoms with Crippen LogP contribution in [0.1, 0.15) is 28.4 Å². The quantitative estimate of drug-likeness (QED) is 0.406. The zero-order chi connectivity index (χ0) is 25.7. The Bertz CT molecular complexity index is 1500. The second-order valence-corrected chi connectivity index (χ2v) is 9.40. The number of methoxy groups -OCH3 is 1. The molecule has 2 aliphatic heterocycles. The molecule has 37 heavy (non-hydrogen) atoms. The van der Waals surface area contributed by atoms with Crippen LogP contribution >= 0.6 is 0 Å². The molecule has 2 atom stereocenters. The molecule has 0 aliphatic carbocycles. The zero-order valence-electron chi connectivity index (χ0n) is 20.1. The second kappa shape index (κ2) is 8.95. The van der Waals surface area contributed by atoms with Crippen LogP contribution in [-0.4, -0.2) is 51.5 Å². The highest BCUT2D eigenvalue weighted by Gasteiger charge is 2.48. The average molecular weight is 498 g/mol. The van der Waals surface area contributed by atoms with Gasteiger partial charge in [-0.05, 0) is 47.0 Å². The van der Waals surface area contributed by atoms with E-state index in [-0.39, 0.29) is 29.3 Å². The smallest absolute Gasteiger partial charge is 0.246 e. The summed E-state index contributed by atoms with van der Waals surface area (Å²) >= 11 is 0. The van der Waals surface area contributed by atoms with Crippen LogP contribution in [0.3, 0.4) is 0 Å². The summed E-state index contributed by atoms with van der Waals surface area (Å²) in [6, 6.07) is 20.5. The van der Waals surface area contributed by atoms with Crippen molar-refractivity contribution in [1.29, 1.82) is 0 Å². The Morgan fingerprint density at radius 3 is 2.62 bits per heavy atom. The molecule has 0 radical (unpaired) electrons. The molecule has 0 saturated carbocycles. The van der Waals surface area contributed by atoms with E-state index in [0.29, 0.717) is 18.5 Å². The van der Waals surface area contributed by atoms with Gasteiger partial charge in [-0.1, -0.05) is 42.5 Å². The zero-order valence-corrected chi connectivity index (χ0v) is 20.1. The molecule has 4 aromatic rings.